The van der Waals surface area contributed by atoms with Gasteiger partial charge in [-0.2, -0.15) is 0 Å². The molecule has 0 spiro atoms. The third-order valence-electron chi connectivity index (χ3n) is 5.49. The molecule has 0 saturated heterocycles. The molecule has 1 atom stereocenters. The van der Waals surface area contributed by atoms with Gasteiger partial charge >= 0.3 is 18.0 Å². The maximum atomic E-state index is 12.8. The number of ether oxygens (including phenoxy) is 1. The van der Waals surface area contributed by atoms with Crippen molar-refractivity contribution < 1.29 is 19.1 Å². The van der Waals surface area contributed by atoms with Crippen LogP contribution in [0.3, 0.4) is 0 Å². The molecule has 0 radical (unpaired) electrons. The van der Waals surface area contributed by atoms with Crippen LogP contribution in [0.4, 0.5) is 21.0 Å². The van der Waals surface area contributed by atoms with E-state index in [1.165, 1.54) is 7.11 Å². The molecule has 0 fully saturated rings. The van der Waals surface area contributed by atoms with Gasteiger partial charge in [0.15, 0.2) is 0 Å². The summed E-state index contributed by atoms with van der Waals surface area (Å²) in [6.45, 7) is 6.26. The van der Waals surface area contributed by atoms with Crippen LogP contribution in [0.5, 0.6) is 0 Å². The smallest absolute Gasteiger partial charge is 0.337 e. The summed E-state index contributed by atoms with van der Waals surface area (Å²) in [5.74, 6) is -0.505. The van der Waals surface area contributed by atoms with E-state index in [1.54, 1.807) is 42.2 Å². The number of nitrogens with one attached hydrogen (secondary N) is 3. The van der Waals surface area contributed by atoms with E-state index in [-0.39, 0.29) is 6.03 Å². The molecule has 3 rings (SSSR count). The minimum atomic E-state index is -0.690. The van der Waals surface area contributed by atoms with E-state index < -0.39 is 18.0 Å². The molecule has 8 heteroatoms. The maximum absolute atomic E-state index is 12.8. The van der Waals surface area contributed by atoms with Gasteiger partial charge in [0, 0.05) is 23.6 Å². The van der Waals surface area contributed by atoms with Crippen molar-refractivity contribution in [3.05, 3.63) is 70.9 Å². The van der Waals surface area contributed by atoms with Gasteiger partial charge in [-0.1, -0.05) is 37.6 Å². The third-order valence-corrected chi connectivity index (χ3v) is 5.49. The summed E-state index contributed by atoms with van der Waals surface area (Å²) in [6, 6.07) is 13.2. The summed E-state index contributed by atoms with van der Waals surface area (Å²) in [6.07, 6.45) is 1.74. The van der Waals surface area contributed by atoms with Gasteiger partial charge in [-0.05, 0) is 55.7 Å². The number of anilines is 2. The molecule has 2 aromatic rings. The number of esters is 1. The molecule has 1 aliphatic heterocycles. The fourth-order valence-electron chi connectivity index (χ4n) is 3.80. The highest BCUT2D eigenvalue weighted by Gasteiger charge is 2.36. The molecular weight excluding hydrogens is 420 g/mol. The average molecular weight is 451 g/mol. The molecule has 2 aromatic carbocycles. The lowest BCUT2D eigenvalue weighted by atomic mass is 9.94. The van der Waals surface area contributed by atoms with Gasteiger partial charge in [0.2, 0.25) is 0 Å². The van der Waals surface area contributed by atoms with Gasteiger partial charge in [0.1, 0.15) is 0 Å². The zero-order valence-electron chi connectivity index (χ0n) is 19.4. The van der Waals surface area contributed by atoms with Crippen molar-refractivity contribution in [2.45, 2.75) is 39.7 Å². The van der Waals surface area contributed by atoms with Crippen LogP contribution >= 0.6 is 0 Å². The average Bonchev–Trinajstić information content (AvgIpc) is 2.78. The highest BCUT2D eigenvalue weighted by Crippen LogP contribution is 2.32. The zero-order chi connectivity index (χ0) is 24.0. The first kappa shape index (κ1) is 23.8. The number of allylic oxidation sites excluding steroid dienone is 1. The van der Waals surface area contributed by atoms with Crippen LogP contribution in [-0.2, 0) is 9.53 Å². The van der Waals surface area contributed by atoms with Crippen LogP contribution in [0.25, 0.3) is 0 Å². The van der Waals surface area contributed by atoms with Crippen molar-refractivity contribution in [2.75, 3.05) is 24.3 Å². The summed E-state index contributed by atoms with van der Waals surface area (Å²) in [4.78, 5) is 39.5. The number of hydrogen-bond acceptors (Lipinski definition) is 4. The number of unbranched alkanes of at least 4 members (excludes halogenated alkanes) is 1. The molecule has 4 amide bonds. The van der Waals surface area contributed by atoms with E-state index in [1.807, 2.05) is 32.0 Å². The van der Waals surface area contributed by atoms with Crippen LogP contribution in [-0.4, -0.2) is 36.6 Å². The molecule has 0 saturated carbocycles. The monoisotopic (exact) mass is 450 g/mol. The Morgan fingerprint density at radius 3 is 2.36 bits per heavy atom. The van der Waals surface area contributed by atoms with Crippen molar-refractivity contribution in [3.8, 4) is 0 Å². The quantitative estimate of drug-likeness (QED) is 0.520. The fraction of sp³-hybridized carbons (Fsp3) is 0.320. The van der Waals surface area contributed by atoms with Crippen molar-refractivity contribution in [3.63, 3.8) is 0 Å². The predicted molar refractivity (Wildman–Crippen MR) is 128 cm³/mol. The number of nitrogens with zero attached hydrogens (tertiary/aromatic N) is 1. The summed E-state index contributed by atoms with van der Waals surface area (Å²) < 4.78 is 5.02. The van der Waals surface area contributed by atoms with E-state index >= 15 is 0 Å². The van der Waals surface area contributed by atoms with Crippen LogP contribution in [0, 0.1) is 6.92 Å². The first-order valence-electron chi connectivity index (χ1n) is 11.0. The minimum absolute atomic E-state index is 0.269. The lowest BCUT2D eigenvalue weighted by molar-refractivity contribution is -0.136. The van der Waals surface area contributed by atoms with E-state index in [9.17, 15) is 14.4 Å². The lowest BCUT2D eigenvalue weighted by Gasteiger charge is -2.35. The van der Waals surface area contributed by atoms with Crippen LogP contribution < -0.4 is 16.0 Å². The maximum Gasteiger partial charge on any atom is 0.337 e. The number of carbonyl (C=O) groups excluding carboxylic acids is 3. The highest BCUT2D eigenvalue weighted by atomic mass is 16.5. The Hall–Kier alpha value is -3.81. The van der Waals surface area contributed by atoms with Gasteiger partial charge < -0.3 is 20.7 Å². The molecule has 0 bridgehead atoms. The van der Waals surface area contributed by atoms with E-state index in [2.05, 4.69) is 16.0 Å². The zero-order valence-corrected chi connectivity index (χ0v) is 19.4. The number of hydrogen-bond donors (Lipinski definition) is 3. The van der Waals surface area contributed by atoms with Crippen molar-refractivity contribution >= 4 is 29.4 Å². The van der Waals surface area contributed by atoms with Crippen molar-refractivity contribution in [2.24, 2.45) is 0 Å². The van der Waals surface area contributed by atoms with Gasteiger partial charge in [0.25, 0.3) is 0 Å². The van der Waals surface area contributed by atoms with Crippen LogP contribution in [0.15, 0.2) is 59.8 Å². The summed E-state index contributed by atoms with van der Waals surface area (Å²) >= 11 is 0. The number of methoxy groups -OCH3 is 1. The second kappa shape index (κ2) is 10.7. The van der Waals surface area contributed by atoms with Gasteiger partial charge in [-0.3, -0.25) is 4.90 Å². The third kappa shape index (κ3) is 5.71. The van der Waals surface area contributed by atoms with E-state index in [0.717, 1.165) is 18.4 Å². The van der Waals surface area contributed by atoms with Gasteiger partial charge in [0.05, 0.1) is 18.7 Å². The van der Waals surface area contributed by atoms with Gasteiger partial charge in [-0.25, -0.2) is 14.4 Å². The molecule has 1 aliphatic rings. The standard InChI is InChI=1S/C25H30N4O4/c1-5-6-13-29-17(3)21(23(30)33-4)22(28-25(29)32)18-10-8-12-20(15-18)27-24(31)26-19-11-7-9-16(2)14-19/h7-12,14-15,22H,5-6,13H2,1-4H3,(H,28,32)(H2,26,27,31). The summed E-state index contributed by atoms with van der Waals surface area (Å²) in [5, 5.41) is 8.51. The highest BCUT2D eigenvalue weighted by molar-refractivity contribution is 6.00. The number of rotatable bonds is 7. The second-order valence-corrected chi connectivity index (χ2v) is 7.95. The van der Waals surface area contributed by atoms with Crippen molar-refractivity contribution in [1.82, 2.24) is 10.2 Å². The Balaban J connectivity index is 1.85. The Morgan fingerprint density at radius 1 is 1.06 bits per heavy atom. The molecular formula is C25H30N4O4. The Bertz CT molecular complexity index is 1080. The SMILES string of the molecule is CCCCN1C(=O)NC(c2cccc(NC(=O)Nc3cccc(C)c3)c2)C(C(=O)OC)=C1C. The number of aryl methyl sites for hydroxylation is 1. The Kier molecular flexibility index (Phi) is 7.71. The lowest BCUT2D eigenvalue weighted by Crippen LogP contribution is -2.48. The van der Waals surface area contributed by atoms with E-state index in [4.69, 9.17) is 4.74 Å². The van der Waals surface area contributed by atoms with E-state index in [0.29, 0.717) is 34.8 Å². The number of benzene rings is 2. The number of amides is 4. The molecule has 174 valence electrons. The van der Waals surface area contributed by atoms with Crippen LogP contribution in [0.2, 0.25) is 0 Å². The molecule has 33 heavy (non-hydrogen) atoms. The summed E-state index contributed by atoms with van der Waals surface area (Å²) in [7, 11) is 1.32. The molecule has 0 aliphatic carbocycles. The molecule has 1 unspecified atom stereocenters. The topological polar surface area (TPSA) is 99.8 Å². The number of urea groups is 2. The van der Waals surface area contributed by atoms with Crippen molar-refractivity contribution in [1.29, 1.82) is 0 Å². The molecule has 3 N–H and O–H groups in total. The van der Waals surface area contributed by atoms with Gasteiger partial charge in [-0.15, -0.1) is 0 Å². The first-order valence-corrected chi connectivity index (χ1v) is 11.0. The first-order chi connectivity index (χ1) is 15.8. The Labute approximate surface area is 194 Å². The second-order valence-electron chi connectivity index (χ2n) is 7.95. The van der Waals surface area contributed by atoms with Crippen LogP contribution in [0.1, 0.15) is 43.9 Å². The summed E-state index contributed by atoms with van der Waals surface area (Å²) in [5.41, 5.74) is 3.85. The molecule has 1 heterocycles. The molecule has 8 nitrogen and oxygen atoms in total. The Morgan fingerprint density at radius 2 is 1.73 bits per heavy atom. The normalized spacial score (nSPS) is 15.7. The molecule has 0 aromatic heterocycles. The largest absolute Gasteiger partial charge is 0.466 e. The minimum Gasteiger partial charge on any atom is -0.466 e. The number of carbonyl (C=O) groups is 3. The predicted octanol–water partition coefficient (Wildman–Crippen LogP) is 4.95. The fourth-order valence-corrected chi connectivity index (χ4v) is 3.80.